The predicted molar refractivity (Wildman–Crippen MR) is 72.2 cm³/mol. The molecule has 0 aliphatic heterocycles. The van der Waals surface area contributed by atoms with Gasteiger partial charge < -0.3 is 5.32 Å². The lowest BCUT2D eigenvalue weighted by atomic mass is 10.2. The summed E-state index contributed by atoms with van der Waals surface area (Å²) in [6, 6.07) is 5.69. The third kappa shape index (κ3) is 2.77. The number of halogens is 1. The summed E-state index contributed by atoms with van der Waals surface area (Å²) in [5.74, 6) is 0. The number of hydrogen-bond acceptors (Lipinski definition) is 4. The van der Waals surface area contributed by atoms with Crippen LogP contribution in [-0.2, 0) is 13.6 Å². The zero-order valence-electron chi connectivity index (χ0n) is 10.0. The van der Waals surface area contributed by atoms with Crippen molar-refractivity contribution in [1.29, 1.82) is 0 Å². The number of rotatable bonds is 4. The topological polar surface area (TPSA) is 62.7 Å². The molecule has 2 rings (SSSR count). The van der Waals surface area contributed by atoms with Gasteiger partial charge in [-0.05, 0) is 36.5 Å². The van der Waals surface area contributed by atoms with Crippen LogP contribution in [0.15, 0.2) is 33.0 Å². The van der Waals surface area contributed by atoms with Gasteiger partial charge in [0.2, 0.25) is 0 Å². The Morgan fingerprint density at radius 2 is 2.33 bits per heavy atom. The smallest absolute Gasteiger partial charge is 0.316 e. The molecule has 18 heavy (non-hydrogen) atoms. The van der Waals surface area contributed by atoms with Crippen molar-refractivity contribution in [2.45, 2.75) is 16.6 Å². The first-order chi connectivity index (χ1) is 8.61. The molecule has 5 nitrogen and oxygen atoms in total. The van der Waals surface area contributed by atoms with E-state index in [4.69, 9.17) is 11.6 Å². The highest BCUT2D eigenvalue weighted by molar-refractivity contribution is 7.99. The molecule has 0 aliphatic rings. The van der Waals surface area contributed by atoms with Gasteiger partial charge in [-0.25, -0.2) is 9.89 Å². The maximum Gasteiger partial charge on any atom is 0.343 e. The van der Waals surface area contributed by atoms with Crippen molar-refractivity contribution in [3.8, 4) is 0 Å². The zero-order valence-corrected chi connectivity index (χ0v) is 11.6. The number of aromatic nitrogens is 3. The van der Waals surface area contributed by atoms with Gasteiger partial charge in [-0.1, -0.05) is 17.7 Å². The molecule has 0 aliphatic carbocycles. The molecule has 0 radical (unpaired) electrons. The molecule has 0 amide bonds. The Labute approximate surface area is 114 Å². The van der Waals surface area contributed by atoms with Gasteiger partial charge in [-0.15, -0.1) is 5.10 Å². The lowest BCUT2D eigenvalue weighted by Crippen LogP contribution is -2.13. The Bertz CT molecular complexity index is 607. The summed E-state index contributed by atoms with van der Waals surface area (Å²) in [5.41, 5.74) is 0.886. The molecule has 7 heteroatoms. The minimum atomic E-state index is -0.227. The van der Waals surface area contributed by atoms with Gasteiger partial charge >= 0.3 is 5.69 Å². The highest BCUT2D eigenvalue weighted by Crippen LogP contribution is 2.30. The number of hydrogen-bond donors (Lipinski definition) is 2. The molecule has 0 saturated carbocycles. The van der Waals surface area contributed by atoms with E-state index in [0.717, 1.165) is 17.0 Å². The molecule has 0 saturated heterocycles. The number of H-pyrrole nitrogens is 1. The van der Waals surface area contributed by atoms with Gasteiger partial charge in [0.05, 0.1) is 0 Å². The molecule has 2 aromatic rings. The maximum atomic E-state index is 11.3. The molecule has 0 bridgehead atoms. The van der Waals surface area contributed by atoms with Crippen molar-refractivity contribution in [3.63, 3.8) is 0 Å². The fourth-order valence-electron chi connectivity index (χ4n) is 1.48. The molecule has 0 spiro atoms. The van der Waals surface area contributed by atoms with E-state index in [0.29, 0.717) is 10.2 Å². The predicted octanol–water partition coefficient (Wildman–Crippen LogP) is 1.63. The molecule has 0 fully saturated rings. The second kappa shape index (κ2) is 5.60. The van der Waals surface area contributed by atoms with E-state index >= 15 is 0 Å². The van der Waals surface area contributed by atoms with Crippen molar-refractivity contribution in [1.82, 2.24) is 20.1 Å². The largest absolute Gasteiger partial charge is 0.343 e. The lowest BCUT2D eigenvalue weighted by molar-refractivity contribution is 0.763. The molecule has 0 atom stereocenters. The first kappa shape index (κ1) is 13.2. The van der Waals surface area contributed by atoms with Crippen LogP contribution in [0.1, 0.15) is 5.56 Å². The van der Waals surface area contributed by atoms with E-state index in [-0.39, 0.29) is 5.69 Å². The number of benzene rings is 1. The van der Waals surface area contributed by atoms with Gasteiger partial charge in [-0.2, -0.15) is 0 Å². The Kier molecular flexibility index (Phi) is 4.11. The van der Waals surface area contributed by atoms with Gasteiger partial charge in [0.25, 0.3) is 0 Å². The normalized spacial score (nSPS) is 10.8. The Morgan fingerprint density at radius 1 is 1.56 bits per heavy atom. The molecule has 1 heterocycles. The van der Waals surface area contributed by atoms with Crippen molar-refractivity contribution < 1.29 is 0 Å². The van der Waals surface area contributed by atoms with E-state index in [9.17, 15) is 4.79 Å². The summed E-state index contributed by atoms with van der Waals surface area (Å²) in [5, 5.41) is 10.7. The molecule has 2 N–H and O–H groups in total. The van der Waals surface area contributed by atoms with Crippen LogP contribution in [0.4, 0.5) is 0 Å². The molecular formula is C11H13ClN4OS. The van der Waals surface area contributed by atoms with Crippen LogP contribution >= 0.6 is 23.4 Å². The van der Waals surface area contributed by atoms with Crippen LogP contribution in [0.2, 0.25) is 5.02 Å². The van der Waals surface area contributed by atoms with Gasteiger partial charge in [-0.3, -0.25) is 4.57 Å². The molecule has 0 unspecified atom stereocenters. The number of nitrogens with one attached hydrogen (secondary N) is 2. The third-order valence-corrected chi connectivity index (χ3v) is 3.82. The van der Waals surface area contributed by atoms with Crippen LogP contribution < -0.4 is 11.0 Å². The van der Waals surface area contributed by atoms with Crippen LogP contribution in [0.3, 0.4) is 0 Å². The molecule has 1 aromatic carbocycles. The van der Waals surface area contributed by atoms with Crippen molar-refractivity contribution in [2.24, 2.45) is 7.05 Å². The van der Waals surface area contributed by atoms with E-state index in [1.165, 1.54) is 16.3 Å². The highest BCUT2D eigenvalue weighted by atomic mass is 35.5. The van der Waals surface area contributed by atoms with Crippen LogP contribution in [-0.4, -0.2) is 21.8 Å². The van der Waals surface area contributed by atoms with Gasteiger partial charge in [0, 0.05) is 23.5 Å². The van der Waals surface area contributed by atoms with Crippen molar-refractivity contribution in [2.75, 3.05) is 7.05 Å². The highest BCUT2D eigenvalue weighted by Gasteiger charge is 2.10. The lowest BCUT2D eigenvalue weighted by Gasteiger charge is -2.08. The average Bonchev–Trinajstić information content (AvgIpc) is 2.65. The van der Waals surface area contributed by atoms with E-state index in [1.54, 1.807) is 7.05 Å². The second-order valence-electron chi connectivity index (χ2n) is 3.75. The standard InChI is InChI=1S/C11H13ClN4OS/c1-13-6-7-3-4-8(12)5-9(7)18-11-15-14-10(17)16(11)2/h3-5,13H,6H2,1-2H3,(H,14,17). The Morgan fingerprint density at radius 3 is 2.94 bits per heavy atom. The van der Waals surface area contributed by atoms with E-state index < -0.39 is 0 Å². The molecule has 96 valence electrons. The SMILES string of the molecule is CNCc1ccc(Cl)cc1Sc1n[nH]c(=O)n1C. The first-order valence-corrected chi connectivity index (χ1v) is 6.53. The first-order valence-electron chi connectivity index (χ1n) is 5.34. The summed E-state index contributed by atoms with van der Waals surface area (Å²) >= 11 is 7.41. The van der Waals surface area contributed by atoms with Gasteiger partial charge in [0.1, 0.15) is 0 Å². The fraction of sp³-hybridized carbons (Fsp3) is 0.273. The van der Waals surface area contributed by atoms with Crippen LogP contribution in [0.5, 0.6) is 0 Å². The zero-order chi connectivity index (χ0) is 13.1. The molecule has 1 aromatic heterocycles. The quantitative estimate of drug-likeness (QED) is 0.896. The monoisotopic (exact) mass is 284 g/mol. The average molecular weight is 285 g/mol. The second-order valence-corrected chi connectivity index (χ2v) is 5.20. The number of aromatic amines is 1. The number of nitrogens with zero attached hydrogens (tertiary/aromatic N) is 2. The summed E-state index contributed by atoms with van der Waals surface area (Å²) < 4.78 is 1.47. The Balaban J connectivity index is 2.35. The summed E-state index contributed by atoms with van der Waals surface area (Å²) in [4.78, 5) is 12.3. The minimum Gasteiger partial charge on any atom is -0.316 e. The minimum absolute atomic E-state index is 0.227. The summed E-state index contributed by atoms with van der Waals surface area (Å²) in [6.45, 7) is 0.734. The van der Waals surface area contributed by atoms with Crippen molar-refractivity contribution >= 4 is 23.4 Å². The fourth-order valence-corrected chi connectivity index (χ4v) is 2.68. The van der Waals surface area contributed by atoms with Gasteiger partial charge in [0.15, 0.2) is 5.16 Å². The van der Waals surface area contributed by atoms with E-state index in [2.05, 4.69) is 15.5 Å². The summed E-state index contributed by atoms with van der Waals surface area (Å²) in [7, 11) is 3.56. The molecular weight excluding hydrogens is 272 g/mol. The van der Waals surface area contributed by atoms with Crippen molar-refractivity contribution in [3.05, 3.63) is 39.3 Å². The maximum absolute atomic E-state index is 11.3. The van der Waals surface area contributed by atoms with Crippen LogP contribution in [0, 0.1) is 0 Å². The summed E-state index contributed by atoms with van der Waals surface area (Å²) in [6.07, 6.45) is 0. The van der Waals surface area contributed by atoms with Crippen LogP contribution in [0.25, 0.3) is 0 Å². The third-order valence-electron chi connectivity index (χ3n) is 2.44. The Hall–Kier alpha value is -1.24. The van der Waals surface area contributed by atoms with E-state index in [1.807, 2.05) is 25.2 Å².